The Morgan fingerprint density at radius 1 is 1.33 bits per heavy atom. The van der Waals surface area contributed by atoms with E-state index in [0.29, 0.717) is 11.6 Å². The first-order valence-electron chi connectivity index (χ1n) is 5.85. The molecule has 0 N–H and O–H groups in total. The van der Waals surface area contributed by atoms with Crippen LogP contribution in [0, 0.1) is 4.91 Å². The van der Waals surface area contributed by atoms with Gasteiger partial charge < -0.3 is 9.47 Å². The second kappa shape index (κ2) is 6.94. The summed E-state index contributed by atoms with van der Waals surface area (Å²) in [7, 11) is 1.51. The maximum atomic E-state index is 11.5. The summed E-state index contributed by atoms with van der Waals surface area (Å²) in [5.74, 6) is -0.302. The van der Waals surface area contributed by atoms with Crippen LogP contribution in [-0.2, 0) is 11.4 Å². The first kappa shape index (κ1) is 14.4. The van der Waals surface area contributed by atoms with Gasteiger partial charge >= 0.3 is 5.97 Å². The maximum Gasteiger partial charge on any atom is 0.373 e. The number of aromatic nitrogens is 2. The first-order chi connectivity index (χ1) is 10.2. The van der Waals surface area contributed by atoms with Crippen molar-refractivity contribution in [2.75, 3.05) is 7.11 Å². The van der Waals surface area contributed by atoms with Crippen LogP contribution < -0.4 is 9.47 Å². The summed E-state index contributed by atoms with van der Waals surface area (Å²) in [6, 6.07) is 6.57. The Labute approximate surface area is 119 Å². The smallest absolute Gasteiger partial charge is 0.373 e. The van der Waals surface area contributed by atoms with E-state index in [2.05, 4.69) is 20.1 Å². The van der Waals surface area contributed by atoms with E-state index in [9.17, 15) is 9.70 Å². The molecule has 0 aliphatic heterocycles. The van der Waals surface area contributed by atoms with E-state index in [-0.39, 0.29) is 17.9 Å². The molecule has 0 fully saturated rings. The Bertz CT molecular complexity index is 647. The molecule has 108 valence electrons. The van der Waals surface area contributed by atoms with Crippen LogP contribution in [0.1, 0.15) is 16.1 Å². The summed E-state index contributed by atoms with van der Waals surface area (Å²) in [5.41, 5.74) is 0.651. The highest BCUT2D eigenvalue weighted by Gasteiger charge is 2.15. The Morgan fingerprint density at radius 3 is 2.95 bits per heavy atom. The molecule has 0 atom stereocenters. The summed E-state index contributed by atoms with van der Waals surface area (Å²) >= 11 is 0. The molecule has 0 aliphatic rings. The summed E-state index contributed by atoms with van der Waals surface area (Å²) in [5, 5.41) is 2.09. The summed E-state index contributed by atoms with van der Waals surface area (Å²) in [6.07, 6.45) is 2.71. The average Bonchev–Trinajstić information content (AvgIpc) is 2.53. The van der Waals surface area contributed by atoms with Crippen molar-refractivity contribution in [2.24, 2.45) is 5.34 Å². The molecule has 0 spiro atoms. The predicted octanol–water partition coefficient (Wildman–Crippen LogP) is 1.90. The molecule has 0 unspecified atom stereocenters. The van der Waals surface area contributed by atoms with Gasteiger partial charge in [-0.2, -0.15) is 0 Å². The molecule has 0 aliphatic carbocycles. The van der Waals surface area contributed by atoms with Crippen molar-refractivity contribution in [2.45, 2.75) is 6.61 Å². The Hall–Kier alpha value is -3.03. The molecule has 0 amide bonds. The molecular formula is C13H11N3O5. The third-order valence-electron chi connectivity index (χ3n) is 2.49. The SMILES string of the molecule is COc1cccc(COc2cnccc2C(=O)ON=O)n1. The molecule has 0 aromatic carbocycles. The van der Waals surface area contributed by atoms with Crippen LogP contribution >= 0.6 is 0 Å². The van der Waals surface area contributed by atoms with Crippen molar-refractivity contribution >= 4 is 5.97 Å². The monoisotopic (exact) mass is 289 g/mol. The van der Waals surface area contributed by atoms with Gasteiger partial charge in [-0.3, -0.25) is 9.82 Å². The molecule has 2 rings (SSSR count). The van der Waals surface area contributed by atoms with Crippen LogP contribution in [0.2, 0.25) is 0 Å². The number of carbonyl (C=O) groups excluding carboxylic acids is 1. The summed E-state index contributed by atoms with van der Waals surface area (Å²) in [4.78, 5) is 33.6. The molecule has 8 heteroatoms. The van der Waals surface area contributed by atoms with Crippen LogP contribution in [0.25, 0.3) is 0 Å². The second-order valence-corrected chi connectivity index (χ2v) is 3.79. The van der Waals surface area contributed by atoms with Gasteiger partial charge in [0.2, 0.25) is 5.88 Å². The van der Waals surface area contributed by atoms with Gasteiger partial charge in [-0.1, -0.05) is 6.07 Å². The van der Waals surface area contributed by atoms with Crippen molar-refractivity contribution in [3.63, 3.8) is 0 Å². The van der Waals surface area contributed by atoms with Crippen molar-refractivity contribution in [3.05, 3.63) is 52.8 Å². The zero-order valence-corrected chi connectivity index (χ0v) is 11.1. The quantitative estimate of drug-likeness (QED) is 0.591. The molecule has 0 bridgehead atoms. The molecule has 2 aromatic heterocycles. The number of hydrogen-bond donors (Lipinski definition) is 0. The lowest BCUT2D eigenvalue weighted by Crippen LogP contribution is -2.06. The fraction of sp³-hybridized carbons (Fsp3) is 0.154. The third kappa shape index (κ3) is 3.72. The lowest BCUT2D eigenvalue weighted by Gasteiger charge is -2.09. The third-order valence-corrected chi connectivity index (χ3v) is 2.49. The van der Waals surface area contributed by atoms with Crippen LogP contribution in [-0.4, -0.2) is 23.0 Å². The highest BCUT2D eigenvalue weighted by atomic mass is 16.7. The van der Waals surface area contributed by atoms with E-state index < -0.39 is 5.97 Å². The van der Waals surface area contributed by atoms with E-state index >= 15 is 0 Å². The van der Waals surface area contributed by atoms with Gasteiger partial charge in [-0.05, 0) is 12.1 Å². The molecule has 21 heavy (non-hydrogen) atoms. The van der Waals surface area contributed by atoms with Gasteiger partial charge in [0.25, 0.3) is 0 Å². The van der Waals surface area contributed by atoms with Gasteiger partial charge in [0.1, 0.15) is 12.2 Å². The molecule has 8 nitrogen and oxygen atoms in total. The zero-order chi connectivity index (χ0) is 15.1. The van der Waals surface area contributed by atoms with E-state index in [1.165, 1.54) is 25.6 Å². The Morgan fingerprint density at radius 2 is 2.19 bits per heavy atom. The standard InChI is InChI=1S/C13H11N3O5/c1-19-12-4-2-3-9(15-12)8-20-11-7-14-6-5-10(11)13(17)21-16-18/h2-7H,8H2,1H3. The van der Waals surface area contributed by atoms with Crippen LogP contribution in [0.3, 0.4) is 0 Å². The van der Waals surface area contributed by atoms with Crippen molar-refractivity contribution in [1.82, 2.24) is 9.97 Å². The fourth-order valence-electron chi connectivity index (χ4n) is 1.55. The number of hydrogen-bond acceptors (Lipinski definition) is 8. The maximum absolute atomic E-state index is 11.5. The number of pyridine rings is 2. The van der Waals surface area contributed by atoms with Crippen LogP contribution in [0.15, 0.2) is 42.0 Å². The first-order valence-corrected chi connectivity index (χ1v) is 5.85. The lowest BCUT2D eigenvalue weighted by molar-refractivity contribution is 0.0503. The molecule has 2 heterocycles. The minimum Gasteiger partial charge on any atom is -0.485 e. The van der Waals surface area contributed by atoms with Gasteiger partial charge in [-0.15, -0.1) is 4.91 Å². The van der Waals surface area contributed by atoms with E-state index in [4.69, 9.17) is 9.47 Å². The second-order valence-electron chi connectivity index (χ2n) is 3.79. The Kier molecular flexibility index (Phi) is 4.75. The summed E-state index contributed by atoms with van der Waals surface area (Å²) < 4.78 is 10.5. The number of methoxy groups -OCH3 is 1. The van der Waals surface area contributed by atoms with E-state index in [1.807, 2.05) is 0 Å². The molecule has 2 aromatic rings. The highest BCUT2D eigenvalue weighted by Crippen LogP contribution is 2.19. The van der Waals surface area contributed by atoms with Crippen LogP contribution in [0.5, 0.6) is 11.6 Å². The normalized spacial score (nSPS) is 9.76. The van der Waals surface area contributed by atoms with Crippen molar-refractivity contribution in [1.29, 1.82) is 0 Å². The van der Waals surface area contributed by atoms with Gasteiger partial charge in [0, 0.05) is 12.3 Å². The zero-order valence-electron chi connectivity index (χ0n) is 11.1. The molecule has 0 saturated heterocycles. The highest BCUT2D eigenvalue weighted by molar-refractivity contribution is 5.92. The van der Waals surface area contributed by atoms with Crippen molar-refractivity contribution < 1.29 is 19.1 Å². The molecule has 0 radical (unpaired) electrons. The largest absolute Gasteiger partial charge is 0.485 e. The fourth-order valence-corrected chi connectivity index (χ4v) is 1.55. The number of nitrogens with zero attached hydrogens (tertiary/aromatic N) is 3. The topological polar surface area (TPSA) is 100.0 Å². The molecular weight excluding hydrogens is 278 g/mol. The lowest BCUT2D eigenvalue weighted by atomic mass is 10.2. The number of rotatable bonds is 6. The van der Waals surface area contributed by atoms with Crippen molar-refractivity contribution in [3.8, 4) is 11.6 Å². The van der Waals surface area contributed by atoms with E-state index in [0.717, 1.165) is 0 Å². The van der Waals surface area contributed by atoms with Gasteiger partial charge in [-0.25, -0.2) is 9.78 Å². The van der Waals surface area contributed by atoms with E-state index in [1.54, 1.807) is 18.2 Å². The van der Waals surface area contributed by atoms with Gasteiger partial charge in [0.05, 0.1) is 19.0 Å². The average molecular weight is 289 g/mol. The minimum absolute atomic E-state index is 0.0486. The summed E-state index contributed by atoms with van der Waals surface area (Å²) in [6.45, 7) is 0.0949. The van der Waals surface area contributed by atoms with Gasteiger partial charge in [0.15, 0.2) is 11.1 Å². The number of carbonyl (C=O) groups is 1. The minimum atomic E-state index is -0.916. The predicted molar refractivity (Wildman–Crippen MR) is 70.6 cm³/mol. The molecule has 0 saturated carbocycles. The number of ether oxygens (including phenoxy) is 2. The van der Waals surface area contributed by atoms with Crippen LogP contribution in [0.4, 0.5) is 0 Å². The Balaban J connectivity index is 2.12.